The Bertz CT molecular complexity index is 309. The highest BCUT2D eigenvalue weighted by molar-refractivity contribution is 5.29. The van der Waals surface area contributed by atoms with Crippen molar-refractivity contribution in [2.75, 3.05) is 34.3 Å². The van der Waals surface area contributed by atoms with Crippen LogP contribution < -0.4 is 10.1 Å². The minimum atomic E-state index is 0.410. The van der Waals surface area contributed by atoms with Crippen molar-refractivity contribution in [3.8, 4) is 5.75 Å². The van der Waals surface area contributed by atoms with Crippen LogP contribution in [0.2, 0.25) is 0 Å². The van der Waals surface area contributed by atoms with Crippen molar-refractivity contribution in [2.45, 2.75) is 19.4 Å². The average Bonchev–Trinajstić information content (AvgIpc) is 2.32. The molecule has 96 valence electrons. The first-order valence-electron chi connectivity index (χ1n) is 6.22. The highest BCUT2D eigenvalue weighted by Gasteiger charge is 2.09. The van der Waals surface area contributed by atoms with E-state index in [9.17, 15) is 0 Å². The second-order valence-corrected chi connectivity index (χ2v) is 4.44. The highest BCUT2D eigenvalue weighted by Crippen LogP contribution is 2.20. The number of hydrogen-bond acceptors (Lipinski definition) is 3. The largest absolute Gasteiger partial charge is 0.494 e. The molecule has 1 N–H and O–H groups in total. The van der Waals surface area contributed by atoms with Crippen LogP contribution in [0.4, 0.5) is 0 Å². The quantitative estimate of drug-likeness (QED) is 0.786. The molecule has 1 rings (SSSR count). The molecule has 0 saturated heterocycles. The molecule has 17 heavy (non-hydrogen) atoms. The van der Waals surface area contributed by atoms with Crippen molar-refractivity contribution in [3.63, 3.8) is 0 Å². The van der Waals surface area contributed by atoms with Crippen LogP contribution in [-0.2, 0) is 0 Å². The van der Waals surface area contributed by atoms with Crippen LogP contribution in [-0.4, -0.2) is 39.2 Å². The van der Waals surface area contributed by atoms with Crippen LogP contribution in [0.25, 0.3) is 0 Å². The maximum absolute atomic E-state index is 5.44. The van der Waals surface area contributed by atoms with E-state index in [2.05, 4.69) is 36.4 Å². The number of nitrogens with zero attached hydrogens (tertiary/aromatic N) is 1. The second-order valence-electron chi connectivity index (χ2n) is 4.44. The summed E-state index contributed by atoms with van der Waals surface area (Å²) in [4.78, 5) is 2.21. The molecule has 0 spiro atoms. The van der Waals surface area contributed by atoms with Gasteiger partial charge < -0.3 is 15.0 Å². The summed E-state index contributed by atoms with van der Waals surface area (Å²) in [6.07, 6.45) is 1.11. The third-order valence-corrected chi connectivity index (χ3v) is 2.81. The van der Waals surface area contributed by atoms with Gasteiger partial charge in [0, 0.05) is 6.04 Å². The van der Waals surface area contributed by atoms with E-state index in [-0.39, 0.29) is 0 Å². The van der Waals surface area contributed by atoms with E-state index in [1.807, 2.05) is 26.1 Å². The van der Waals surface area contributed by atoms with E-state index in [1.54, 1.807) is 0 Å². The Balaban J connectivity index is 2.61. The first-order valence-corrected chi connectivity index (χ1v) is 6.22. The lowest BCUT2D eigenvalue weighted by molar-refractivity contribution is 0.339. The van der Waals surface area contributed by atoms with Gasteiger partial charge in [-0.25, -0.2) is 0 Å². The van der Waals surface area contributed by atoms with Crippen molar-refractivity contribution in [1.29, 1.82) is 0 Å². The summed E-state index contributed by atoms with van der Waals surface area (Å²) in [5.74, 6) is 0.943. The first-order chi connectivity index (χ1) is 8.17. The SMILES string of the molecule is CCOc1ccc(C(CCN(C)C)NC)cc1. The van der Waals surface area contributed by atoms with E-state index in [0.29, 0.717) is 6.04 Å². The highest BCUT2D eigenvalue weighted by atomic mass is 16.5. The molecule has 1 aromatic carbocycles. The molecule has 0 aromatic heterocycles. The molecule has 0 fully saturated rings. The lowest BCUT2D eigenvalue weighted by Gasteiger charge is -2.19. The zero-order valence-electron chi connectivity index (χ0n) is 11.4. The lowest BCUT2D eigenvalue weighted by Crippen LogP contribution is -2.22. The molecule has 0 radical (unpaired) electrons. The predicted octanol–water partition coefficient (Wildman–Crippen LogP) is 2.30. The van der Waals surface area contributed by atoms with E-state index in [0.717, 1.165) is 25.3 Å². The van der Waals surface area contributed by atoms with Crippen LogP contribution in [0.3, 0.4) is 0 Å². The van der Waals surface area contributed by atoms with Gasteiger partial charge in [-0.2, -0.15) is 0 Å². The maximum atomic E-state index is 5.44. The Morgan fingerprint density at radius 3 is 2.35 bits per heavy atom. The zero-order valence-corrected chi connectivity index (χ0v) is 11.4. The summed E-state index contributed by atoms with van der Waals surface area (Å²) >= 11 is 0. The summed E-state index contributed by atoms with van der Waals surface area (Å²) in [5, 5.41) is 3.36. The fourth-order valence-corrected chi connectivity index (χ4v) is 1.83. The molecular weight excluding hydrogens is 212 g/mol. The van der Waals surface area contributed by atoms with Gasteiger partial charge in [-0.1, -0.05) is 12.1 Å². The van der Waals surface area contributed by atoms with Gasteiger partial charge in [0.25, 0.3) is 0 Å². The zero-order chi connectivity index (χ0) is 12.7. The molecule has 0 amide bonds. The molecule has 1 aromatic rings. The van der Waals surface area contributed by atoms with Gasteiger partial charge in [0.05, 0.1) is 6.61 Å². The third-order valence-electron chi connectivity index (χ3n) is 2.81. The fraction of sp³-hybridized carbons (Fsp3) is 0.571. The van der Waals surface area contributed by atoms with E-state index < -0.39 is 0 Å². The van der Waals surface area contributed by atoms with E-state index in [1.165, 1.54) is 5.56 Å². The molecular formula is C14H24N2O. The number of hydrogen-bond donors (Lipinski definition) is 1. The number of benzene rings is 1. The van der Waals surface area contributed by atoms with Crippen LogP contribution in [0.15, 0.2) is 24.3 Å². The second kappa shape index (κ2) is 7.30. The van der Waals surface area contributed by atoms with Gasteiger partial charge in [-0.05, 0) is 58.7 Å². The van der Waals surface area contributed by atoms with Crippen molar-refractivity contribution >= 4 is 0 Å². The normalized spacial score (nSPS) is 12.8. The molecule has 1 atom stereocenters. The Morgan fingerprint density at radius 2 is 1.88 bits per heavy atom. The minimum Gasteiger partial charge on any atom is -0.494 e. The molecule has 3 heteroatoms. The Hall–Kier alpha value is -1.06. The van der Waals surface area contributed by atoms with E-state index >= 15 is 0 Å². The average molecular weight is 236 g/mol. The molecule has 0 aliphatic rings. The molecule has 0 bridgehead atoms. The predicted molar refractivity (Wildman–Crippen MR) is 72.6 cm³/mol. The topological polar surface area (TPSA) is 24.5 Å². The van der Waals surface area contributed by atoms with Gasteiger partial charge >= 0.3 is 0 Å². The van der Waals surface area contributed by atoms with Crippen molar-refractivity contribution in [1.82, 2.24) is 10.2 Å². The molecule has 0 aliphatic carbocycles. The van der Waals surface area contributed by atoms with Crippen molar-refractivity contribution in [2.24, 2.45) is 0 Å². The fourth-order valence-electron chi connectivity index (χ4n) is 1.83. The van der Waals surface area contributed by atoms with Crippen molar-refractivity contribution < 1.29 is 4.74 Å². The summed E-state index contributed by atoms with van der Waals surface area (Å²) in [6.45, 7) is 3.80. The molecule has 0 heterocycles. The number of nitrogens with one attached hydrogen (secondary N) is 1. The summed E-state index contributed by atoms with van der Waals surface area (Å²) in [6, 6.07) is 8.77. The summed E-state index contributed by atoms with van der Waals surface area (Å²) < 4.78 is 5.44. The number of rotatable bonds is 7. The minimum absolute atomic E-state index is 0.410. The third kappa shape index (κ3) is 4.75. The maximum Gasteiger partial charge on any atom is 0.119 e. The van der Waals surface area contributed by atoms with Crippen LogP contribution in [0.5, 0.6) is 5.75 Å². The lowest BCUT2D eigenvalue weighted by atomic mass is 10.0. The van der Waals surface area contributed by atoms with Crippen LogP contribution in [0, 0.1) is 0 Å². The molecule has 0 saturated carbocycles. The Morgan fingerprint density at radius 1 is 1.24 bits per heavy atom. The van der Waals surface area contributed by atoms with Crippen LogP contribution in [0.1, 0.15) is 24.9 Å². The first kappa shape index (κ1) is 14.0. The number of ether oxygens (including phenoxy) is 1. The van der Waals surface area contributed by atoms with Gasteiger partial charge in [-0.3, -0.25) is 0 Å². The summed E-state index contributed by atoms with van der Waals surface area (Å²) in [7, 11) is 6.21. The molecule has 0 aliphatic heterocycles. The molecule has 1 unspecified atom stereocenters. The standard InChI is InChI=1S/C14H24N2O/c1-5-17-13-8-6-12(7-9-13)14(15-2)10-11-16(3)4/h6-9,14-15H,5,10-11H2,1-4H3. The van der Waals surface area contributed by atoms with Gasteiger partial charge in [0.2, 0.25) is 0 Å². The van der Waals surface area contributed by atoms with E-state index in [4.69, 9.17) is 4.74 Å². The van der Waals surface area contributed by atoms with Crippen molar-refractivity contribution in [3.05, 3.63) is 29.8 Å². The Labute approximate surface area is 105 Å². The summed E-state index contributed by atoms with van der Waals surface area (Å²) in [5.41, 5.74) is 1.32. The molecule has 3 nitrogen and oxygen atoms in total. The van der Waals surface area contributed by atoms with Gasteiger partial charge in [-0.15, -0.1) is 0 Å². The van der Waals surface area contributed by atoms with Gasteiger partial charge in [0.1, 0.15) is 5.75 Å². The van der Waals surface area contributed by atoms with Crippen LogP contribution >= 0.6 is 0 Å². The monoisotopic (exact) mass is 236 g/mol. The Kier molecular flexibility index (Phi) is 6.01. The smallest absolute Gasteiger partial charge is 0.119 e. The van der Waals surface area contributed by atoms with Gasteiger partial charge in [0.15, 0.2) is 0 Å².